The van der Waals surface area contributed by atoms with Crippen molar-refractivity contribution >= 4 is 11.6 Å². The molecule has 3 nitrogen and oxygen atoms in total. The van der Waals surface area contributed by atoms with Gasteiger partial charge in [-0.2, -0.15) is 0 Å². The number of nitrogens with one attached hydrogen (secondary N) is 1. The molecule has 1 atom stereocenters. The first-order valence-electron chi connectivity index (χ1n) is 4.17. The average molecular weight is 201 g/mol. The summed E-state index contributed by atoms with van der Waals surface area (Å²) in [5.74, 6) is 0. The lowest BCUT2D eigenvalue weighted by atomic mass is 10.1. The molecule has 0 fully saturated rings. The number of hydrogen-bond donors (Lipinski definition) is 2. The van der Waals surface area contributed by atoms with E-state index < -0.39 is 0 Å². The monoisotopic (exact) mass is 200 g/mol. The van der Waals surface area contributed by atoms with Crippen LogP contribution < -0.4 is 5.32 Å². The lowest BCUT2D eigenvalue weighted by Gasteiger charge is -2.13. The molecule has 0 spiro atoms. The molecule has 1 aromatic heterocycles. The Bertz CT molecular complexity index is 268. The highest BCUT2D eigenvalue weighted by Gasteiger charge is 2.09. The lowest BCUT2D eigenvalue weighted by molar-refractivity contribution is 0.267. The standard InChI is InChI=1S/C9H13ClN2O/c1-11-8(3-5-13)9-6-7(10)2-4-12-9/h2,4,6,8,11,13H,3,5H2,1H3/t8-/m0/s1. The van der Waals surface area contributed by atoms with E-state index in [-0.39, 0.29) is 12.6 Å². The van der Waals surface area contributed by atoms with Crippen LogP contribution >= 0.6 is 11.6 Å². The third kappa shape index (κ3) is 2.95. The molecule has 0 saturated heterocycles. The number of halogens is 1. The quantitative estimate of drug-likeness (QED) is 0.772. The van der Waals surface area contributed by atoms with Gasteiger partial charge in [-0.15, -0.1) is 0 Å². The second-order valence-corrected chi connectivity index (χ2v) is 3.19. The second-order valence-electron chi connectivity index (χ2n) is 2.75. The van der Waals surface area contributed by atoms with Crippen LogP contribution in [0.15, 0.2) is 18.3 Å². The van der Waals surface area contributed by atoms with Gasteiger partial charge < -0.3 is 10.4 Å². The molecule has 4 heteroatoms. The van der Waals surface area contributed by atoms with Gasteiger partial charge in [0.25, 0.3) is 0 Å². The predicted molar refractivity (Wildman–Crippen MR) is 52.8 cm³/mol. The molecule has 13 heavy (non-hydrogen) atoms. The van der Waals surface area contributed by atoms with E-state index in [1.54, 1.807) is 18.3 Å². The van der Waals surface area contributed by atoms with Gasteiger partial charge in [0, 0.05) is 17.8 Å². The molecule has 2 N–H and O–H groups in total. The maximum Gasteiger partial charge on any atom is 0.0588 e. The molecule has 0 amide bonds. The van der Waals surface area contributed by atoms with E-state index in [4.69, 9.17) is 16.7 Å². The lowest BCUT2D eigenvalue weighted by Crippen LogP contribution is -2.18. The second kappa shape index (κ2) is 5.17. The molecule has 1 heterocycles. The Morgan fingerprint density at radius 2 is 2.46 bits per heavy atom. The van der Waals surface area contributed by atoms with E-state index >= 15 is 0 Å². The van der Waals surface area contributed by atoms with Crippen LogP contribution in [0.2, 0.25) is 5.02 Å². The number of nitrogens with zero attached hydrogens (tertiary/aromatic N) is 1. The summed E-state index contributed by atoms with van der Waals surface area (Å²) in [6.45, 7) is 0.139. The molecule has 0 saturated carbocycles. The van der Waals surface area contributed by atoms with Crippen LogP contribution in [0, 0.1) is 0 Å². The number of aromatic nitrogens is 1. The molecule has 72 valence electrons. The molecule has 0 unspecified atom stereocenters. The Labute approximate surface area is 82.8 Å². The van der Waals surface area contributed by atoms with Crippen LogP contribution in [-0.2, 0) is 0 Å². The zero-order valence-corrected chi connectivity index (χ0v) is 8.25. The Morgan fingerprint density at radius 3 is 3.00 bits per heavy atom. The highest BCUT2D eigenvalue weighted by molar-refractivity contribution is 6.30. The molecular formula is C9H13ClN2O. The molecule has 0 aliphatic heterocycles. The van der Waals surface area contributed by atoms with Crippen LogP contribution in [-0.4, -0.2) is 23.7 Å². The van der Waals surface area contributed by atoms with Crippen molar-refractivity contribution in [2.24, 2.45) is 0 Å². The van der Waals surface area contributed by atoms with Gasteiger partial charge in [-0.25, -0.2) is 0 Å². The number of aliphatic hydroxyl groups excluding tert-OH is 1. The first kappa shape index (κ1) is 10.4. The molecule has 0 bridgehead atoms. The topological polar surface area (TPSA) is 45.1 Å². The Hall–Kier alpha value is -0.640. The minimum absolute atomic E-state index is 0.0729. The van der Waals surface area contributed by atoms with Crippen LogP contribution in [0.3, 0.4) is 0 Å². The summed E-state index contributed by atoms with van der Waals surface area (Å²) in [5, 5.41) is 12.5. The zero-order chi connectivity index (χ0) is 9.68. The first-order chi connectivity index (χ1) is 6.27. The molecule has 1 rings (SSSR count). The summed E-state index contributed by atoms with van der Waals surface area (Å²) in [5.41, 5.74) is 0.865. The highest BCUT2D eigenvalue weighted by Crippen LogP contribution is 2.16. The molecule has 0 aliphatic carbocycles. The van der Waals surface area contributed by atoms with E-state index in [2.05, 4.69) is 10.3 Å². The minimum Gasteiger partial charge on any atom is -0.396 e. The number of pyridine rings is 1. The van der Waals surface area contributed by atoms with Gasteiger partial charge >= 0.3 is 0 Å². The van der Waals surface area contributed by atoms with Gasteiger partial charge in [-0.3, -0.25) is 4.98 Å². The van der Waals surface area contributed by atoms with Crippen molar-refractivity contribution < 1.29 is 5.11 Å². The SMILES string of the molecule is CN[C@@H](CCO)c1cc(Cl)ccn1. The van der Waals surface area contributed by atoms with Gasteiger partial charge in [0.15, 0.2) is 0 Å². The van der Waals surface area contributed by atoms with Gasteiger partial charge in [0.1, 0.15) is 0 Å². The fraction of sp³-hybridized carbons (Fsp3) is 0.444. The summed E-state index contributed by atoms with van der Waals surface area (Å²) >= 11 is 5.82. The normalized spacial score (nSPS) is 12.8. The average Bonchev–Trinajstić information content (AvgIpc) is 2.14. The number of hydrogen-bond acceptors (Lipinski definition) is 3. The third-order valence-electron chi connectivity index (χ3n) is 1.87. The number of aliphatic hydroxyl groups is 1. The van der Waals surface area contributed by atoms with Crippen molar-refractivity contribution in [2.75, 3.05) is 13.7 Å². The smallest absolute Gasteiger partial charge is 0.0588 e. The first-order valence-corrected chi connectivity index (χ1v) is 4.55. The fourth-order valence-corrected chi connectivity index (χ4v) is 1.35. The van der Waals surface area contributed by atoms with E-state index in [1.807, 2.05) is 7.05 Å². The van der Waals surface area contributed by atoms with Crippen LogP contribution in [0.4, 0.5) is 0 Å². The van der Waals surface area contributed by atoms with E-state index in [9.17, 15) is 0 Å². The van der Waals surface area contributed by atoms with Crippen molar-refractivity contribution in [3.63, 3.8) is 0 Å². The highest BCUT2D eigenvalue weighted by atomic mass is 35.5. The zero-order valence-electron chi connectivity index (χ0n) is 7.50. The largest absolute Gasteiger partial charge is 0.396 e. The van der Waals surface area contributed by atoms with Gasteiger partial charge in [-0.1, -0.05) is 11.6 Å². The van der Waals surface area contributed by atoms with E-state index in [1.165, 1.54) is 0 Å². The summed E-state index contributed by atoms with van der Waals surface area (Å²) in [7, 11) is 1.84. The summed E-state index contributed by atoms with van der Waals surface area (Å²) in [6.07, 6.45) is 2.31. The Morgan fingerprint density at radius 1 is 1.69 bits per heavy atom. The van der Waals surface area contributed by atoms with Crippen molar-refractivity contribution in [3.8, 4) is 0 Å². The minimum atomic E-state index is 0.0729. The van der Waals surface area contributed by atoms with E-state index in [0.29, 0.717) is 11.4 Å². The van der Waals surface area contributed by atoms with Crippen molar-refractivity contribution in [1.82, 2.24) is 10.3 Å². The maximum atomic E-state index is 8.80. The Balaban J connectivity index is 2.78. The van der Waals surface area contributed by atoms with E-state index in [0.717, 1.165) is 5.69 Å². The van der Waals surface area contributed by atoms with Crippen molar-refractivity contribution in [2.45, 2.75) is 12.5 Å². The molecule has 0 aliphatic rings. The van der Waals surface area contributed by atoms with Gasteiger partial charge in [-0.05, 0) is 25.6 Å². The summed E-state index contributed by atoms with van der Waals surface area (Å²) < 4.78 is 0. The summed E-state index contributed by atoms with van der Waals surface area (Å²) in [4.78, 5) is 4.17. The number of rotatable bonds is 4. The Kier molecular flexibility index (Phi) is 4.15. The van der Waals surface area contributed by atoms with Crippen molar-refractivity contribution in [1.29, 1.82) is 0 Å². The molecule has 0 aromatic carbocycles. The molecular weight excluding hydrogens is 188 g/mol. The fourth-order valence-electron chi connectivity index (χ4n) is 1.18. The van der Waals surface area contributed by atoms with Gasteiger partial charge in [0.05, 0.1) is 11.7 Å². The van der Waals surface area contributed by atoms with Crippen molar-refractivity contribution in [3.05, 3.63) is 29.0 Å². The van der Waals surface area contributed by atoms with Crippen LogP contribution in [0.5, 0.6) is 0 Å². The molecule has 1 aromatic rings. The van der Waals surface area contributed by atoms with Crippen LogP contribution in [0.1, 0.15) is 18.2 Å². The van der Waals surface area contributed by atoms with Gasteiger partial charge in [0.2, 0.25) is 0 Å². The predicted octanol–water partition coefficient (Wildman–Crippen LogP) is 1.38. The van der Waals surface area contributed by atoms with Crippen LogP contribution in [0.25, 0.3) is 0 Å². The molecule has 0 radical (unpaired) electrons. The third-order valence-corrected chi connectivity index (χ3v) is 2.10. The summed E-state index contributed by atoms with van der Waals surface area (Å²) in [6, 6.07) is 3.61. The maximum absolute atomic E-state index is 8.80.